The lowest BCUT2D eigenvalue weighted by Crippen LogP contribution is -2.05. The Bertz CT molecular complexity index is 1030. The van der Waals surface area contributed by atoms with Gasteiger partial charge in [-0.3, -0.25) is 4.98 Å². The van der Waals surface area contributed by atoms with Crippen LogP contribution in [-0.2, 0) is 0 Å². The lowest BCUT2D eigenvalue weighted by Gasteiger charge is -2.17. The predicted molar refractivity (Wildman–Crippen MR) is 94.3 cm³/mol. The molecule has 4 rings (SSSR count). The first-order chi connectivity index (χ1) is 12.2. The molecule has 2 heterocycles. The summed E-state index contributed by atoms with van der Waals surface area (Å²) in [5.74, 6) is -0.393. The number of aromatic nitrogens is 3. The van der Waals surface area contributed by atoms with Crippen molar-refractivity contribution in [2.24, 2.45) is 5.92 Å². The van der Waals surface area contributed by atoms with E-state index in [2.05, 4.69) is 22.2 Å². The average molecular weight is 353 g/mol. The minimum atomic E-state index is -0.460. The minimum Gasteiger partial charge on any atom is -0.253 e. The Morgan fingerprint density at radius 2 is 2.24 bits per heavy atom. The van der Waals surface area contributed by atoms with Crippen LogP contribution in [0.2, 0.25) is 5.02 Å². The molecule has 1 aliphatic carbocycles. The Hall–Kier alpha value is -2.71. The lowest BCUT2D eigenvalue weighted by molar-refractivity contribution is 0.603. The summed E-state index contributed by atoms with van der Waals surface area (Å²) in [4.78, 5) is 4.55. The van der Waals surface area contributed by atoms with E-state index in [4.69, 9.17) is 16.9 Å². The van der Waals surface area contributed by atoms with Crippen molar-refractivity contribution in [1.82, 2.24) is 14.6 Å². The molecule has 0 radical (unpaired) electrons. The quantitative estimate of drug-likeness (QED) is 0.659. The Morgan fingerprint density at radius 3 is 2.96 bits per heavy atom. The molecule has 4 nitrogen and oxygen atoms in total. The van der Waals surface area contributed by atoms with Crippen molar-refractivity contribution < 1.29 is 4.39 Å². The molecule has 0 fully saturated rings. The Morgan fingerprint density at radius 1 is 1.36 bits per heavy atom. The van der Waals surface area contributed by atoms with Crippen LogP contribution in [-0.4, -0.2) is 14.6 Å². The van der Waals surface area contributed by atoms with Crippen LogP contribution in [0.15, 0.2) is 42.9 Å². The van der Waals surface area contributed by atoms with Gasteiger partial charge in [-0.2, -0.15) is 10.4 Å². The molecule has 0 N–H and O–H groups in total. The van der Waals surface area contributed by atoms with E-state index in [1.165, 1.54) is 6.07 Å². The highest BCUT2D eigenvalue weighted by molar-refractivity contribution is 6.30. The highest BCUT2D eigenvalue weighted by Crippen LogP contribution is 2.35. The number of rotatable bonds is 2. The summed E-state index contributed by atoms with van der Waals surface area (Å²) in [5, 5.41) is 13.5. The first kappa shape index (κ1) is 15.8. The molecule has 1 unspecified atom stereocenters. The van der Waals surface area contributed by atoms with Crippen molar-refractivity contribution >= 4 is 22.7 Å². The second-order valence-corrected chi connectivity index (χ2v) is 6.49. The molecule has 0 spiro atoms. The van der Waals surface area contributed by atoms with Crippen molar-refractivity contribution in [2.75, 3.05) is 0 Å². The number of allylic oxidation sites excluding steroid dienone is 2. The van der Waals surface area contributed by atoms with Gasteiger partial charge in [0.2, 0.25) is 0 Å². The van der Waals surface area contributed by atoms with Crippen molar-refractivity contribution in [3.8, 4) is 17.2 Å². The van der Waals surface area contributed by atoms with Gasteiger partial charge in [-0.1, -0.05) is 23.7 Å². The normalized spacial score (nSPS) is 17.3. The number of halogens is 2. The second-order valence-electron chi connectivity index (χ2n) is 6.09. The maximum absolute atomic E-state index is 13.9. The smallest absolute Gasteiger partial charge is 0.142 e. The van der Waals surface area contributed by atoms with Crippen molar-refractivity contribution in [1.29, 1.82) is 5.26 Å². The molecule has 1 aliphatic rings. The molecule has 1 aromatic carbocycles. The van der Waals surface area contributed by atoms with Gasteiger partial charge in [0.1, 0.15) is 5.82 Å². The standard InChI is InChI=1S/C19H14ClFN4/c20-16-6-5-14(9-17(16)21)15-11-24-25-8-7-23-18(19(15)25)13-3-1-12(10-22)2-4-13/h3,5-9,11-12H,1-2,4H2. The molecular formula is C19H14ClFN4. The number of fused-ring (bicyclic) bond motifs is 1. The summed E-state index contributed by atoms with van der Waals surface area (Å²) in [6.07, 6.45) is 9.63. The van der Waals surface area contributed by atoms with Gasteiger partial charge in [0.25, 0.3) is 0 Å². The molecule has 2 aromatic heterocycles. The fourth-order valence-corrected chi connectivity index (χ4v) is 3.34. The van der Waals surface area contributed by atoms with E-state index < -0.39 is 5.82 Å². The van der Waals surface area contributed by atoms with Crippen LogP contribution < -0.4 is 0 Å². The first-order valence-electron chi connectivity index (χ1n) is 8.04. The van der Waals surface area contributed by atoms with Gasteiger partial charge in [-0.25, -0.2) is 8.91 Å². The van der Waals surface area contributed by atoms with Crippen LogP contribution in [0.25, 0.3) is 22.2 Å². The van der Waals surface area contributed by atoms with Crippen molar-refractivity contribution in [2.45, 2.75) is 19.3 Å². The third-order valence-electron chi connectivity index (χ3n) is 4.56. The highest BCUT2D eigenvalue weighted by atomic mass is 35.5. The van der Waals surface area contributed by atoms with Crippen LogP contribution in [0.4, 0.5) is 4.39 Å². The number of nitrogens with zero attached hydrogens (tertiary/aromatic N) is 4. The summed E-state index contributed by atoms with van der Waals surface area (Å²) in [5.41, 5.74) is 4.29. The zero-order valence-corrected chi connectivity index (χ0v) is 14.0. The zero-order valence-electron chi connectivity index (χ0n) is 13.3. The number of nitriles is 1. The van der Waals surface area contributed by atoms with E-state index in [1.807, 2.05) is 0 Å². The number of benzene rings is 1. The van der Waals surface area contributed by atoms with Crippen LogP contribution in [0.5, 0.6) is 0 Å². The van der Waals surface area contributed by atoms with E-state index in [0.29, 0.717) is 5.56 Å². The summed E-state index contributed by atoms with van der Waals surface area (Å²) in [6.45, 7) is 0. The fraction of sp³-hybridized carbons (Fsp3) is 0.211. The van der Waals surface area contributed by atoms with Crippen molar-refractivity contribution in [3.05, 3.63) is 59.4 Å². The third kappa shape index (κ3) is 2.79. The van der Waals surface area contributed by atoms with Gasteiger partial charge < -0.3 is 0 Å². The van der Waals surface area contributed by atoms with Gasteiger partial charge in [0.05, 0.1) is 34.4 Å². The molecule has 0 amide bonds. The molecule has 3 aromatic rings. The fourth-order valence-electron chi connectivity index (χ4n) is 3.22. The zero-order chi connectivity index (χ0) is 17.4. The van der Waals surface area contributed by atoms with E-state index >= 15 is 0 Å². The van der Waals surface area contributed by atoms with Gasteiger partial charge in [-0.15, -0.1) is 0 Å². The number of hydrogen-bond donors (Lipinski definition) is 0. The second kappa shape index (κ2) is 6.30. The topological polar surface area (TPSA) is 54.0 Å². The SMILES string of the molecule is N#CC1CC=C(c2nccn3ncc(-c4ccc(Cl)c(F)c4)c23)CC1. The molecule has 0 bridgehead atoms. The molecule has 6 heteroatoms. The Labute approximate surface area is 149 Å². The van der Waals surface area contributed by atoms with Crippen LogP contribution in [0, 0.1) is 23.1 Å². The maximum Gasteiger partial charge on any atom is 0.142 e. The highest BCUT2D eigenvalue weighted by Gasteiger charge is 2.20. The van der Waals surface area contributed by atoms with Gasteiger partial charge in [-0.05, 0) is 42.5 Å². The third-order valence-corrected chi connectivity index (χ3v) is 4.87. The monoisotopic (exact) mass is 352 g/mol. The summed E-state index contributed by atoms with van der Waals surface area (Å²) >= 11 is 5.80. The molecule has 1 atom stereocenters. The van der Waals surface area contributed by atoms with Gasteiger partial charge >= 0.3 is 0 Å². The summed E-state index contributed by atoms with van der Waals surface area (Å²) in [6, 6.07) is 7.06. The Balaban J connectivity index is 1.87. The lowest BCUT2D eigenvalue weighted by atomic mass is 9.88. The summed E-state index contributed by atoms with van der Waals surface area (Å²) in [7, 11) is 0. The van der Waals surface area contributed by atoms with Crippen LogP contribution in [0.3, 0.4) is 0 Å². The minimum absolute atomic E-state index is 0.0678. The van der Waals surface area contributed by atoms with E-state index in [0.717, 1.165) is 41.6 Å². The maximum atomic E-state index is 13.9. The van der Waals surface area contributed by atoms with Gasteiger partial charge in [0.15, 0.2) is 0 Å². The van der Waals surface area contributed by atoms with Crippen LogP contribution >= 0.6 is 11.6 Å². The molecule has 25 heavy (non-hydrogen) atoms. The first-order valence-corrected chi connectivity index (χ1v) is 8.42. The molecule has 0 aliphatic heterocycles. The van der Waals surface area contributed by atoms with Crippen molar-refractivity contribution in [3.63, 3.8) is 0 Å². The molecular weight excluding hydrogens is 339 g/mol. The Kier molecular flexibility index (Phi) is 3.98. The van der Waals surface area contributed by atoms with Gasteiger partial charge in [0, 0.05) is 18.0 Å². The van der Waals surface area contributed by atoms with E-state index in [9.17, 15) is 4.39 Å². The molecule has 124 valence electrons. The average Bonchev–Trinajstić information content (AvgIpc) is 3.08. The predicted octanol–water partition coefficient (Wildman–Crippen LogP) is 4.90. The van der Waals surface area contributed by atoms with E-state index in [-0.39, 0.29) is 10.9 Å². The van der Waals surface area contributed by atoms with E-state index in [1.54, 1.807) is 35.2 Å². The largest absolute Gasteiger partial charge is 0.253 e. The number of hydrogen-bond acceptors (Lipinski definition) is 3. The summed E-state index contributed by atoms with van der Waals surface area (Å²) < 4.78 is 15.6. The van der Waals surface area contributed by atoms with Crippen LogP contribution in [0.1, 0.15) is 25.0 Å². The molecule has 0 saturated heterocycles. The molecule has 0 saturated carbocycles.